The van der Waals surface area contributed by atoms with Gasteiger partial charge in [0.2, 0.25) is 0 Å². The summed E-state index contributed by atoms with van der Waals surface area (Å²) in [5, 5.41) is 7.42. The fourth-order valence-corrected chi connectivity index (χ4v) is 4.06. The first-order chi connectivity index (χ1) is 13.7. The number of benzene rings is 3. The topological polar surface area (TPSA) is 67.1 Å². The zero-order valence-corrected chi connectivity index (χ0v) is 16.1. The SMILES string of the molecule is Nc1ccccc1NC(=O)c1cc2ccc(CNCc3ccccc3)cc2s1. The molecule has 1 amide bonds. The normalized spacial score (nSPS) is 10.9. The largest absolute Gasteiger partial charge is 0.397 e. The van der Waals surface area contributed by atoms with Gasteiger partial charge in [0.15, 0.2) is 0 Å². The van der Waals surface area contributed by atoms with Crippen LogP contribution in [0.3, 0.4) is 0 Å². The Morgan fingerprint density at radius 1 is 0.857 bits per heavy atom. The average Bonchev–Trinajstić information content (AvgIpc) is 3.14. The van der Waals surface area contributed by atoms with E-state index in [-0.39, 0.29) is 5.91 Å². The third-order valence-corrected chi connectivity index (χ3v) is 5.61. The van der Waals surface area contributed by atoms with E-state index in [1.165, 1.54) is 22.5 Å². The van der Waals surface area contributed by atoms with E-state index in [1.807, 2.05) is 36.4 Å². The zero-order chi connectivity index (χ0) is 19.3. The number of hydrogen-bond donors (Lipinski definition) is 3. The molecule has 5 heteroatoms. The lowest BCUT2D eigenvalue weighted by Gasteiger charge is -2.06. The van der Waals surface area contributed by atoms with E-state index in [0.717, 1.165) is 23.2 Å². The molecule has 0 aliphatic heterocycles. The number of thiophene rings is 1. The maximum absolute atomic E-state index is 12.6. The van der Waals surface area contributed by atoms with Crippen LogP contribution in [0.1, 0.15) is 20.8 Å². The van der Waals surface area contributed by atoms with Crippen molar-refractivity contribution in [1.29, 1.82) is 0 Å². The molecule has 4 rings (SSSR count). The van der Waals surface area contributed by atoms with E-state index in [9.17, 15) is 4.79 Å². The van der Waals surface area contributed by atoms with Gasteiger partial charge in [-0.3, -0.25) is 4.79 Å². The molecule has 0 unspecified atom stereocenters. The molecule has 0 radical (unpaired) electrons. The molecule has 0 saturated heterocycles. The van der Waals surface area contributed by atoms with Crippen LogP contribution in [0.4, 0.5) is 11.4 Å². The third kappa shape index (κ3) is 4.22. The predicted molar refractivity (Wildman–Crippen MR) is 118 cm³/mol. The van der Waals surface area contributed by atoms with Crippen LogP contribution in [0.5, 0.6) is 0 Å². The molecule has 0 atom stereocenters. The Labute approximate surface area is 168 Å². The summed E-state index contributed by atoms with van der Waals surface area (Å²) in [7, 11) is 0. The molecule has 0 saturated carbocycles. The van der Waals surface area contributed by atoms with Crippen LogP contribution < -0.4 is 16.4 Å². The number of carbonyl (C=O) groups is 1. The predicted octanol–water partition coefficient (Wildman–Crippen LogP) is 5.03. The summed E-state index contributed by atoms with van der Waals surface area (Å²) in [4.78, 5) is 13.3. The fraction of sp³-hybridized carbons (Fsp3) is 0.0870. The lowest BCUT2D eigenvalue weighted by Crippen LogP contribution is -2.12. The van der Waals surface area contributed by atoms with Crippen molar-refractivity contribution in [3.05, 3.63) is 94.9 Å². The zero-order valence-electron chi connectivity index (χ0n) is 15.3. The quantitative estimate of drug-likeness (QED) is 0.407. The Bertz CT molecular complexity index is 1110. The van der Waals surface area contributed by atoms with Crippen LogP contribution in [-0.2, 0) is 13.1 Å². The summed E-state index contributed by atoms with van der Waals surface area (Å²) in [5.41, 5.74) is 9.57. The highest BCUT2D eigenvalue weighted by atomic mass is 32.1. The number of nitrogens with two attached hydrogens (primary N) is 1. The number of carbonyl (C=O) groups excluding carboxylic acids is 1. The van der Waals surface area contributed by atoms with E-state index in [0.29, 0.717) is 16.3 Å². The Morgan fingerprint density at radius 3 is 2.43 bits per heavy atom. The molecule has 1 aromatic heterocycles. The van der Waals surface area contributed by atoms with Gasteiger partial charge in [-0.05, 0) is 40.8 Å². The molecule has 0 aliphatic rings. The van der Waals surface area contributed by atoms with Crippen LogP contribution in [0.25, 0.3) is 10.1 Å². The van der Waals surface area contributed by atoms with Crippen LogP contribution in [0.2, 0.25) is 0 Å². The van der Waals surface area contributed by atoms with Gasteiger partial charge < -0.3 is 16.4 Å². The van der Waals surface area contributed by atoms with Crippen LogP contribution in [-0.4, -0.2) is 5.91 Å². The second-order valence-corrected chi connectivity index (χ2v) is 7.70. The van der Waals surface area contributed by atoms with Crippen molar-refractivity contribution in [1.82, 2.24) is 5.32 Å². The average molecular weight is 388 g/mol. The van der Waals surface area contributed by atoms with Crippen molar-refractivity contribution in [2.75, 3.05) is 11.1 Å². The molecule has 3 aromatic carbocycles. The van der Waals surface area contributed by atoms with Crippen molar-refractivity contribution in [3.63, 3.8) is 0 Å². The molecular formula is C23H21N3OS. The maximum atomic E-state index is 12.6. The second kappa shape index (κ2) is 8.25. The number of nitrogens with one attached hydrogen (secondary N) is 2. The second-order valence-electron chi connectivity index (χ2n) is 6.61. The molecule has 0 spiro atoms. The molecule has 0 bridgehead atoms. The number of fused-ring (bicyclic) bond motifs is 1. The minimum Gasteiger partial charge on any atom is -0.397 e. The molecule has 28 heavy (non-hydrogen) atoms. The van der Waals surface area contributed by atoms with Crippen molar-refractivity contribution >= 4 is 38.7 Å². The molecule has 4 nitrogen and oxygen atoms in total. The van der Waals surface area contributed by atoms with Crippen molar-refractivity contribution in [3.8, 4) is 0 Å². The minimum absolute atomic E-state index is 0.136. The van der Waals surface area contributed by atoms with Gasteiger partial charge in [0.1, 0.15) is 0 Å². The van der Waals surface area contributed by atoms with Gasteiger partial charge in [-0.25, -0.2) is 0 Å². The maximum Gasteiger partial charge on any atom is 0.265 e. The van der Waals surface area contributed by atoms with E-state index < -0.39 is 0 Å². The summed E-state index contributed by atoms with van der Waals surface area (Å²) < 4.78 is 1.10. The van der Waals surface area contributed by atoms with Gasteiger partial charge in [0, 0.05) is 17.8 Å². The smallest absolute Gasteiger partial charge is 0.265 e. The summed E-state index contributed by atoms with van der Waals surface area (Å²) in [5.74, 6) is -0.136. The van der Waals surface area contributed by atoms with Gasteiger partial charge in [-0.15, -0.1) is 11.3 Å². The number of hydrogen-bond acceptors (Lipinski definition) is 4. The molecular weight excluding hydrogens is 366 g/mol. The van der Waals surface area contributed by atoms with E-state index in [1.54, 1.807) is 12.1 Å². The molecule has 1 heterocycles. The van der Waals surface area contributed by atoms with E-state index in [4.69, 9.17) is 5.73 Å². The van der Waals surface area contributed by atoms with Gasteiger partial charge in [-0.2, -0.15) is 0 Å². The van der Waals surface area contributed by atoms with E-state index in [2.05, 4.69) is 41.0 Å². The summed E-state index contributed by atoms with van der Waals surface area (Å²) in [6.45, 7) is 1.61. The lowest BCUT2D eigenvalue weighted by atomic mass is 10.1. The first-order valence-electron chi connectivity index (χ1n) is 9.12. The molecule has 0 aliphatic carbocycles. The van der Waals surface area contributed by atoms with Crippen molar-refractivity contribution in [2.24, 2.45) is 0 Å². The fourth-order valence-electron chi connectivity index (χ4n) is 3.04. The molecule has 4 N–H and O–H groups in total. The summed E-state index contributed by atoms with van der Waals surface area (Å²) >= 11 is 1.49. The standard InChI is InChI=1S/C23H21N3OS/c24-19-8-4-5-9-20(19)26-23(27)22-13-18-11-10-17(12-21(18)28-22)15-25-14-16-6-2-1-3-7-16/h1-13,25H,14-15,24H2,(H,26,27). The monoisotopic (exact) mass is 387 g/mol. The Kier molecular flexibility index (Phi) is 5.37. The summed E-state index contributed by atoms with van der Waals surface area (Å²) in [6.07, 6.45) is 0. The molecule has 0 fully saturated rings. The minimum atomic E-state index is -0.136. The van der Waals surface area contributed by atoms with Crippen LogP contribution in [0, 0.1) is 0 Å². The number of amides is 1. The highest BCUT2D eigenvalue weighted by molar-refractivity contribution is 7.20. The molecule has 140 valence electrons. The number of anilines is 2. The number of rotatable bonds is 6. The Balaban J connectivity index is 1.44. The number of para-hydroxylation sites is 2. The number of nitrogen functional groups attached to an aromatic ring is 1. The van der Waals surface area contributed by atoms with Gasteiger partial charge >= 0.3 is 0 Å². The van der Waals surface area contributed by atoms with Gasteiger partial charge in [0.05, 0.1) is 16.3 Å². The first-order valence-corrected chi connectivity index (χ1v) is 9.94. The first kappa shape index (κ1) is 18.2. The molecule has 4 aromatic rings. The van der Waals surface area contributed by atoms with Gasteiger partial charge in [-0.1, -0.05) is 54.6 Å². The van der Waals surface area contributed by atoms with Crippen molar-refractivity contribution in [2.45, 2.75) is 13.1 Å². The summed E-state index contributed by atoms with van der Waals surface area (Å²) in [6, 6.07) is 25.8. The van der Waals surface area contributed by atoms with E-state index >= 15 is 0 Å². The van der Waals surface area contributed by atoms with Crippen molar-refractivity contribution < 1.29 is 4.79 Å². The lowest BCUT2D eigenvalue weighted by molar-refractivity contribution is 0.103. The highest BCUT2D eigenvalue weighted by Gasteiger charge is 2.12. The van der Waals surface area contributed by atoms with Crippen LogP contribution >= 0.6 is 11.3 Å². The Hall–Kier alpha value is -3.15. The highest BCUT2D eigenvalue weighted by Crippen LogP contribution is 2.28. The third-order valence-electron chi connectivity index (χ3n) is 4.52. The Morgan fingerprint density at radius 2 is 1.61 bits per heavy atom. The van der Waals surface area contributed by atoms with Gasteiger partial charge in [0.25, 0.3) is 5.91 Å². The van der Waals surface area contributed by atoms with Crippen LogP contribution in [0.15, 0.2) is 78.9 Å².